The van der Waals surface area contributed by atoms with Crippen molar-refractivity contribution in [2.24, 2.45) is 10.1 Å². The Hall–Kier alpha value is -2.64. The van der Waals surface area contributed by atoms with E-state index >= 15 is 0 Å². The fourth-order valence-electron chi connectivity index (χ4n) is 2.00. The lowest BCUT2D eigenvalue weighted by molar-refractivity contribution is -0.189. The lowest BCUT2D eigenvalue weighted by Gasteiger charge is -2.09. The summed E-state index contributed by atoms with van der Waals surface area (Å²) in [6.07, 6.45) is 1.33. The quantitative estimate of drug-likeness (QED) is 0.573. The van der Waals surface area contributed by atoms with Gasteiger partial charge in [-0.25, -0.2) is 4.79 Å². The maximum Gasteiger partial charge on any atom is 0.491 e. The molecule has 5 nitrogen and oxygen atoms in total. The third kappa shape index (κ3) is 2.39. The Bertz CT molecular complexity index is 794. The Morgan fingerprint density at radius 3 is 2.95 bits per heavy atom. The van der Waals surface area contributed by atoms with Crippen molar-refractivity contribution >= 4 is 24.3 Å². The summed E-state index contributed by atoms with van der Waals surface area (Å²) in [5.74, 6) is -2.41. The van der Waals surface area contributed by atoms with Crippen LogP contribution in [-0.4, -0.2) is 24.9 Å². The molecule has 108 valence electrons. The van der Waals surface area contributed by atoms with Crippen LogP contribution in [0.1, 0.15) is 5.56 Å². The van der Waals surface area contributed by atoms with Crippen LogP contribution in [0.25, 0.3) is 12.2 Å². The second-order valence-corrected chi connectivity index (χ2v) is 4.19. The maximum absolute atomic E-state index is 12.3. The van der Waals surface area contributed by atoms with Crippen LogP contribution in [0, 0.1) is 0 Å². The lowest BCUT2D eigenvalue weighted by Crippen LogP contribution is -2.33. The zero-order chi connectivity index (χ0) is 15.0. The molecule has 2 heterocycles. The van der Waals surface area contributed by atoms with E-state index in [0.717, 1.165) is 0 Å². The molecule has 3 rings (SSSR count). The van der Waals surface area contributed by atoms with E-state index in [1.54, 1.807) is 18.2 Å². The van der Waals surface area contributed by atoms with Gasteiger partial charge in [0, 0.05) is 16.8 Å². The Morgan fingerprint density at radius 1 is 1.38 bits per heavy atom. The standard InChI is InChI=1S/C13H7F3N2O3/c14-13(15,16)12(19)20-10-6-9-7(2-1-4-18-21-9)8-3-5-17-11(8)10/h1-4,6H,5H2. The topological polar surface area (TPSA) is 60.2 Å². The molecule has 0 aliphatic carbocycles. The molecule has 0 radical (unpaired) electrons. The van der Waals surface area contributed by atoms with Crippen molar-refractivity contribution in [3.8, 4) is 11.5 Å². The zero-order valence-electron chi connectivity index (χ0n) is 10.3. The van der Waals surface area contributed by atoms with Gasteiger partial charge >= 0.3 is 12.1 Å². The number of rotatable bonds is 1. The summed E-state index contributed by atoms with van der Waals surface area (Å²) < 4.78 is 41.3. The van der Waals surface area contributed by atoms with Crippen LogP contribution in [0.2, 0.25) is 0 Å². The second kappa shape index (κ2) is 4.72. The molecule has 0 saturated carbocycles. The molecule has 1 aromatic carbocycles. The Morgan fingerprint density at radius 2 is 2.19 bits per heavy atom. The number of nitrogens with zero attached hydrogens (tertiary/aromatic N) is 2. The van der Waals surface area contributed by atoms with Gasteiger partial charge in [0.05, 0.1) is 12.8 Å². The summed E-state index contributed by atoms with van der Waals surface area (Å²) in [6, 6.07) is 1.17. The summed E-state index contributed by atoms with van der Waals surface area (Å²) in [6.45, 7) is 0.289. The van der Waals surface area contributed by atoms with Crippen molar-refractivity contribution in [3.05, 3.63) is 28.3 Å². The van der Waals surface area contributed by atoms with E-state index in [2.05, 4.69) is 14.9 Å². The first-order valence-electron chi connectivity index (χ1n) is 5.84. The average molecular weight is 296 g/mol. The van der Waals surface area contributed by atoms with Crippen molar-refractivity contribution in [1.29, 1.82) is 0 Å². The van der Waals surface area contributed by atoms with Gasteiger partial charge in [-0.1, -0.05) is 11.2 Å². The van der Waals surface area contributed by atoms with Gasteiger partial charge in [-0.05, 0) is 12.2 Å². The monoisotopic (exact) mass is 296 g/mol. The second-order valence-electron chi connectivity index (χ2n) is 4.19. The molecule has 1 aromatic rings. The number of esters is 1. The minimum Gasteiger partial charge on any atom is -0.417 e. The van der Waals surface area contributed by atoms with Gasteiger partial charge in [0.1, 0.15) is 5.36 Å². The van der Waals surface area contributed by atoms with Crippen LogP contribution in [0.15, 0.2) is 22.3 Å². The van der Waals surface area contributed by atoms with E-state index in [4.69, 9.17) is 4.84 Å². The van der Waals surface area contributed by atoms with Gasteiger partial charge in [0.15, 0.2) is 11.5 Å². The highest BCUT2D eigenvalue weighted by molar-refractivity contribution is 5.81. The van der Waals surface area contributed by atoms with Gasteiger partial charge in [0.2, 0.25) is 0 Å². The fraction of sp³-hybridized carbons (Fsp3) is 0.154. The number of halogens is 3. The molecule has 0 amide bonds. The van der Waals surface area contributed by atoms with E-state index in [0.29, 0.717) is 10.8 Å². The van der Waals surface area contributed by atoms with Gasteiger partial charge in [-0.2, -0.15) is 13.2 Å². The molecule has 0 bridgehead atoms. The largest absolute Gasteiger partial charge is 0.491 e. The highest BCUT2D eigenvalue weighted by atomic mass is 19.4. The molecule has 2 aliphatic rings. The molecule has 0 atom stereocenters. The van der Waals surface area contributed by atoms with Crippen molar-refractivity contribution in [2.75, 3.05) is 6.54 Å². The third-order valence-corrected chi connectivity index (χ3v) is 2.85. The number of alkyl halides is 3. The van der Waals surface area contributed by atoms with Crippen LogP contribution in [0.4, 0.5) is 13.2 Å². The van der Waals surface area contributed by atoms with E-state index in [-0.39, 0.29) is 23.4 Å². The number of oxime groups is 1. The molecule has 0 N–H and O–H groups in total. The summed E-state index contributed by atoms with van der Waals surface area (Å²) in [7, 11) is 0. The summed E-state index contributed by atoms with van der Waals surface area (Å²) >= 11 is 0. The Labute approximate surface area is 115 Å². The molecule has 0 aromatic heterocycles. The molecular weight excluding hydrogens is 289 g/mol. The van der Waals surface area contributed by atoms with Crippen LogP contribution in [-0.2, 0) is 4.79 Å². The van der Waals surface area contributed by atoms with Gasteiger partial charge in [0.25, 0.3) is 0 Å². The van der Waals surface area contributed by atoms with E-state index in [1.165, 1.54) is 12.3 Å². The molecule has 2 aliphatic heterocycles. The number of hydrogen-bond acceptors (Lipinski definition) is 5. The highest BCUT2D eigenvalue weighted by Gasteiger charge is 2.41. The minimum absolute atomic E-state index is 0.192. The van der Waals surface area contributed by atoms with E-state index in [1.807, 2.05) is 0 Å². The van der Waals surface area contributed by atoms with Crippen LogP contribution >= 0.6 is 0 Å². The van der Waals surface area contributed by atoms with E-state index in [9.17, 15) is 18.0 Å². The number of fused-ring (bicyclic) bond motifs is 3. The first-order valence-corrected chi connectivity index (χ1v) is 5.84. The number of ether oxygens (including phenoxy) is 1. The number of hydrogen-bond donors (Lipinski definition) is 0. The van der Waals surface area contributed by atoms with E-state index < -0.39 is 12.1 Å². The Kier molecular flexibility index (Phi) is 3.00. The number of allylic oxidation sites excluding steroid dienone is 1. The molecule has 21 heavy (non-hydrogen) atoms. The smallest absolute Gasteiger partial charge is 0.417 e. The molecule has 0 spiro atoms. The lowest BCUT2D eigenvalue weighted by atomic mass is 10.1. The molecular formula is C13H7F3N2O3. The summed E-state index contributed by atoms with van der Waals surface area (Å²) in [4.78, 5) is 20.1. The predicted molar refractivity (Wildman–Crippen MR) is 66.4 cm³/mol. The van der Waals surface area contributed by atoms with Crippen molar-refractivity contribution < 1.29 is 27.5 Å². The van der Waals surface area contributed by atoms with Gasteiger partial charge in [-0.3, -0.25) is 4.99 Å². The molecule has 0 unspecified atom stereocenters. The maximum atomic E-state index is 12.3. The number of benzene rings is 1. The number of carbonyl (C=O) groups is 1. The molecule has 0 fully saturated rings. The van der Waals surface area contributed by atoms with Crippen LogP contribution in [0.3, 0.4) is 0 Å². The van der Waals surface area contributed by atoms with Crippen LogP contribution < -0.4 is 20.2 Å². The van der Waals surface area contributed by atoms with Crippen molar-refractivity contribution in [1.82, 2.24) is 0 Å². The van der Waals surface area contributed by atoms with Gasteiger partial charge < -0.3 is 9.57 Å². The third-order valence-electron chi connectivity index (χ3n) is 2.85. The molecule has 0 saturated heterocycles. The zero-order valence-corrected chi connectivity index (χ0v) is 10.3. The summed E-state index contributed by atoms with van der Waals surface area (Å²) in [5.41, 5.74) is 0.621. The van der Waals surface area contributed by atoms with Gasteiger partial charge in [-0.15, -0.1) is 0 Å². The minimum atomic E-state index is -5.08. The Balaban J connectivity index is 2.13. The average Bonchev–Trinajstić information content (AvgIpc) is 2.78. The first kappa shape index (κ1) is 13.3. The first-order chi connectivity index (χ1) is 9.97. The van der Waals surface area contributed by atoms with Crippen molar-refractivity contribution in [2.45, 2.75) is 6.18 Å². The summed E-state index contributed by atoms with van der Waals surface area (Å²) in [5, 5.41) is 4.34. The molecule has 8 heteroatoms. The normalized spacial score (nSPS) is 15.2. The van der Waals surface area contributed by atoms with Crippen molar-refractivity contribution in [3.63, 3.8) is 0 Å². The predicted octanol–water partition coefficient (Wildman–Crippen LogP) is 0.959. The highest BCUT2D eigenvalue weighted by Crippen LogP contribution is 2.24. The fourth-order valence-corrected chi connectivity index (χ4v) is 2.00. The van der Waals surface area contributed by atoms with Crippen LogP contribution in [0.5, 0.6) is 11.5 Å². The SMILES string of the molecule is O=C(Oc1cc2c(c3c1=NCC=3)C=CC=NO2)C(F)(F)F. The number of carbonyl (C=O) groups excluding carboxylic acids is 1.